The number of carbonyl (C=O) groups is 1. The van der Waals surface area contributed by atoms with Crippen LogP contribution in [0.1, 0.15) is 13.8 Å². The summed E-state index contributed by atoms with van der Waals surface area (Å²) in [7, 11) is -4.20. The number of aldehydes is 1. The third-order valence-corrected chi connectivity index (χ3v) is 2.71. The second-order valence-corrected chi connectivity index (χ2v) is 4.23. The molecule has 0 aliphatic carbocycles. The molecule has 1 atom stereocenters. The molecular weight excluding hydrogens is 155 g/mol. The first-order valence-electron chi connectivity index (χ1n) is 2.90. The van der Waals surface area contributed by atoms with E-state index in [1.165, 1.54) is 0 Å². The first-order valence-corrected chi connectivity index (χ1v) is 4.58. The highest BCUT2D eigenvalue weighted by molar-refractivity contribution is 7.53. The van der Waals surface area contributed by atoms with Gasteiger partial charge >= 0.3 is 7.60 Å². The highest BCUT2D eigenvalue weighted by Crippen LogP contribution is 2.43. The van der Waals surface area contributed by atoms with Crippen molar-refractivity contribution in [3.63, 3.8) is 0 Å². The minimum absolute atomic E-state index is 0.307. The molecule has 2 N–H and O–H groups in total. The summed E-state index contributed by atoms with van der Waals surface area (Å²) in [5.74, 6) is -0.307. The highest BCUT2D eigenvalue weighted by atomic mass is 31.2. The van der Waals surface area contributed by atoms with E-state index >= 15 is 0 Å². The molecule has 0 bridgehead atoms. The average molecular weight is 166 g/mol. The molecule has 0 aromatic heterocycles. The van der Waals surface area contributed by atoms with Crippen molar-refractivity contribution in [3.05, 3.63) is 0 Å². The van der Waals surface area contributed by atoms with Crippen molar-refractivity contribution in [1.82, 2.24) is 0 Å². The van der Waals surface area contributed by atoms with E-state index in [9.17, 15) is 9.36 Å². The molecule has 4 nitrogen and oxygen atoms in total. The maximum atomic E-state index is 10.5. The van der Waals surface area contributed by atoms with E-state index in [0.29, 0.717) is 6.29 Å². The largest absolute Gasteiger partial charge is 0.335 e. The SMILES string of the molecule is CC(C)C(C=O)P(=O)(O)O. The van der Waals surface area contributed by atoms with Gasteiger partial charge in [-0.05, 0) is 5.92 Å². The highest BCUT2D eigenvalue weighted by Gasteiger charge is 2.30. The Bertz CT molecular complexity index is 159. The molecule has 0 aromatic rings. The van der Waals surface area contributed by atoms with Crippen LogP contribution in [0.15, 0.2) is 0 Å². The Morgan fingerprint density at radius 3 is 1.80 bits per heavy atom. The molecule has 1 unspecified atom stereocenters. The first kappa shape index (κ1) is 9.82. The molecule has 5 heteroatoms. The van der Waals surface area contributed by atoms with E-state index in [0.717, 1.165) is 0 Å². The molecule has 0 aliphatic heterocycles. The molecule has 0 rings (SSSR count). The van der Waals surface area contributed by atoms with Gasteiger partial charge in [-0.25, -0.2) is 0 Å². The topological polar surface area (TPSA) is 74.6 Å². The van der Waals surface area contributed by atoms with Crippen molar-refractivity contribution < 1.29 is 19.1 Å². The van der Waals surface area contributed by atoms with E-state index in [2.05, 4.69) is 0 Å². The zero-order valence-corrected chi connectivity index (χ0v) is 6.78. The monoisotopic (exact) mass is 166 g/mol. The van der Waals surface area contributed by atoms with Crippen molar-refractivity contribution in [3.8, 4) is 0 Å². The zero-order valence-electron chi connectivity index (χ0n) is 5.89. The molecule has 0 radical (unpaired) electrons. The minimum Gasteiger partial charge on any atom is -0.324 e. The number of hydrogen-bond donors (Lipinski definition) is 2. The standard InChI is InChI=1S/C5H11O4P/c1-4(2)5(3-6)10(7,8)9/h3-5H,1-2H3,(H2,7,8,9). The molecule has 0 aliphatic rings. The van der Waals surface area contributed by atoms with E-state index in [1.807, 2.05) is 0 Å². The summed E-state index contributed by atoms with van der Waals surface area (Å²) >= 11 is 0. The Labute approximate surface area is 59.4 Å². The summed E-state index contributed by atoms with van der Waals surface area (Å²) in [5.41, 5.74) is -1.15. The van der Waals surface area contributed by atoms with Gasteiger partial charge in [0.25, 0.3) is 0 Å². The number of hydrogen-bond acceptors (Lipinski definition) is 2. The average Bonchev–Trinajstić information content (AvgIpc) is 1.60. The predicted octanol–water partition coefficient (Wildman–Crippen LogP) is 0.388. The van der Waals surface area contributed by atoms with Crippen LogP contribution >= 0.6 is 7.60 Å². The Morgan fingerprint density at radius 2 is 1.80 bits per heavy atom. The second kappa shape index (κ2) is 3.28. The van der Waals surface area contributed by atoms with Crippen LogP contribution in [0, 0.1) is 5.92 Å². The van der Waals surface area contributed by atoms with Gasteiger partial charge in [-0.2, -0.15) is 0 Å². The third kappa shape index (κ3) is 2.60. The predicted molar refractivity (Wildman–Crippen MR) is 36.7 cm³/mol. The first-order chi connectivity index (χ1) is 4.39. The molecule has 0 amide bonds. The molecule has 0 saturated heterocycles. The Hall–Kier alpha value is -0.180. The van der Waals surface area contributed by atoms with Crippen LogP contribution in [0.5, 0.6) is 0 Å². The van der Waals surface area contributed by atoms with Crippen molar-refractivity contribution in [2.24, 2.45) is 5.92 Å². The van der Waals surface area contributed by atoms with Gasteiger partial charge < -0.3 is 14.6 Å². The Kier molecular flexibility index (Phi) is 3.22. The van der Waals surface area contributed by atoms with E-state index < -0.39 is 13.3 Å². The van der Waals surface area contributed by atoms with E-state index in [1.54, 1.807) is 13.8 Å². The lowest BCUT2D eigenvalue weighted by Crippen LogP contribution is -2.16. The summed E-state index contributed by atoms with van der Waals surface area (Å²) in [6.07, 6.45) is 0.311. The van der Waals surface area contributed by atoms with Gasteiger partial charge in [-0.1, -0.05) is 13.8 Å². The van der Waals surface area contributed by atoms with Gasteiger partial charge in [-0.3, -0.25) is 4.57 Å². The quantitative estimate of drug-likeness (QED) is 0.469. The summed E-state index contributed by atoms with van der Waals surface area (Å²) in [6, 6.07) is 0. The molecule has 0 aromatic carbocycles. The minimum atomic E-state index is -4.20. The van der Waals surface area contributed by atoms with Gasteiger partial charge in [0, 0.05) is 0 Å². The van der Waals surface area contributed by atoms with Crippen LogP contribution in [0.25, 0.3) is 0 Å². The zero-order chi connectivity index (χ0) is 8.36. The lowest BCUT2D eigenvalue weighted by Gasteiger charge is -2.14. The van der Waals surface area contributed by atoms with E-state index in [4.69, 9.17) is 9.79 Å². The van der Waals surface area contributed by atoms with Crippen molar-refractivity contribution >= 4 is 13.9 Å². The second-order valence-electron chi connectivity index (χ2n) is 2.46. The van der Waals surface area contributed by atoms with Gasteiger partial charge in [0.15, 0.2) is 0 Å². The number of carbonyl (C=O) groups excluding carboxylic acids is 1. The van der Waals surface area contributed by atoms with Gasteiger partial charge in [0.05, 0.1) is 0 Å². The van der Waals surface area contributed by atoms with Gasteiger partial charge in [0.1, 0.15) is 11.9 Å². The van der Waals surface area contributed by atoms with Gasteiger partial charge in [-0.15, -0.1) is 0 Å². The van der Waals surface area contributed by atoms with Crippen molar-refractivity contribution in [1.29, 1.82) is 0 Å². The normalized spacial score (nSPS) is 15.3. The Morgan fingerprint density at radius 1 is 1.40 bits per heavy atom. The molecule has 0 heterocycles. The lowest BCUT2D eigenvalue weighted by molar-refractivity contribution is -0.108. The maximum Gasteiger partial charge on any atom is 0.335 e. The fourth-order valence-electron chi connectivity index (χ4n) is 0.625. The van der Waals surface area contributed by atoms with Crippen LogP contribution in [-0.4, -0.2) is 21.7 Å². The molecule has 0 fully saturated rings. The van der Waals surface area contributed by atoms with Gasteiger partial charge in [0.2, 0.25) is 0 Å². The fraction of sp³-hybridized carbons (Fsp3) is 0.800. The maximum absolute atomic E-state index is 10.5. The number of rotatable bonds is 3. The van der Waals surface area contributed by atoms with Crippen LogP contribution < -0.4 is 0 Å². The van der Waals surface area contributed by atoms with Crippen molar-refractivity contribution in [2.75, 3.05) is 0 Å². The van der Waals surface area contributed by atoms with Crippen LogP contribution in [0.3, 0.4) is 0 Å². The molecular formula is C5H11O4P. The summed E-state index contributed by atoms with van der Waals surface area (Å²) in [4.78, 5) is 27.2. The molecule has 10 heavy (non-hydrogen) atoms. The summed E-state index contributed by atoms with van der Waals surface area (Å²) < 4.78 is 10.5. The van der Waals surface area contributed by atoms with Crippen LogP contribution in [0.4, 0.5) is 0 Å². The molecule has 60 valence electrons. The molecule has 0 spiro atoms. The smallest absolute Gasteiger partial charge is 0.324 e. The third-order valence-electron chi connectivity index (χ3n) is 1.21. The lowest BCUT2D eigenvalue weighted by atomic mass is 10.1. The molecule has 0 saturated carbocycles. The van der Waals surface area contributed by atoms with Crippen molar-refractivity contribution in [2.45, 2.75) is 19.5 Å². The van der Waals surface area contributed by atoms with Crippen LogP contribution in [-0.2, 0) is 9.36 Å². The fourth-order valence-corrected chi connectivity index (χ4v) is 1.56. The summed E-state index contributed by atoms with van der Waals surface area (Å²) in [5, 5.41) is 0. The van der Waals surface area contributed by atoms with E-state index in [-0.39, 0.29) is 5.92 Å². The summed E-state index contributed by atoms with van der Waals surface area (Å²) in [6.45, 7) is 3.19. The van der Waals surface area contributed by atoms with Crippen LogP contribution in [0.2, 0.25) is 0 Å². The Balaban J connectivity index is 4.37.